The van der Waals surface area contributed by atoms with Gasteiger partial charge >= 0.3 is 10.1 Å². The summed E-state index contributed by atoms with van der Waals surface area (Å²) >= 11 is 23.2. The number of hydrogen-bond acceptors (Lipinski definition) is 3. The van der Waals surface area contributed by atoms with Gasteiger partial charge in [-0.05, 0) is 23.9 Å². The first kappa shape index (κ1) is 22.4. The van der Waals surface area contributed by atoms with Crippen molar-refractivity contribution in [2.75, 3.05) is 14.1 Å². The molecule has 0 aliphatic rings. The fourth-order valence-electron chi connectivity index (χ4n) is 1.91. The van der Waals surface area contributed by atoms with Crippen molar-refractivity contribution in [1.29, 1.82) is 0 Å². The molecule has 0 amide bonds. The number of benzene rings is 1. The number of rotatable bonds is 5. The fourth-order valence-corrected chi connectivity index (χ4v) is 3.63. The van der Waals surface area contributed by atoms with Crippen LogP contribution in [0.25, 0.3) is 5.69 Å². The first-order chi connectivity index (χ1) is 12.3. The van der Waals surface area contributed by atoms with Crippen LogP contribution in [0.2, 0.25) is 10.0 Å². The van der Waals surface area contributed by atoms with E-state index in [9.17, 15) is 17.6 Å². The number of nitrogens with zero attached hydrogens (tertiary/aromatic N) is 4. The molecule has 0 spiro atoms. The number of aliphatic imine (C=N–C) groups is 1. The summed E-state index contributed by atoms with van der Waals surface area (Å²) in [4.78, 5) is 5.83. The van der Waals surface area contributed by atoms with Gasteiger partial charge in [-0.2, -0.15) is 22.7 Å². The molecule has 0 aliphatic heterocycles. The van der Waals surface area contributed by atoms with Crippen molar-refractivity contribution in [1.82, 2.24) is 14.7 Å². The Balaban J connectivity index is 2.65. The first-order valence-corrected chi connectivity index (χ1v) is 9.23. The van der Waals surface area contributed by atoms with Crippen molar-refractivity contribution in [3.05, 3.63) is 33.9 Å². The third kappa shape index (κ3) is 5.80. The smallest absolute Gasteiger partial charge is 0.369 e. The summed E-state index contributed by atoms with van der Waals surface area (Å²) in [5, 5.41) is 3.35. The lowest BCUT2D eigenvalue weighted by atomic mass is 10.2. The SMILES string of the molecule is CN(C)C=Nc1c(SC(F)(Cl)Cl)cnn1-c1c(Cl)cc(C(F)(F)F)cc1Cl. The predicted octanol–water partition coefficient (Wildman–Crippen LogP) is 6.57. The van der Waals surface area contributed by atoms with Gasteiger partial charge in [0.2, 0.25) is 0 Å². The van der Waals surface area contributed by atoms with E-state index in [-0.39, 0.29) is 26.4 Å². The molecule has 0 radical (unpaired) electrons. The van der Waals surface area contributed by atoms with E-state index in [1.54, 1.807) is 19.0 Å². The molecule has 0 fully saturated rings. The molecule has 148 valence electrons. The Morgan fingerprint density at radius 2 is 1.70 bits per heavy atom. The lowest BCUT2D eigenvalue weighted by molar-refractivity contribution is -0.137. The Morgan fingerprint density at radius 3 is 2.15 bits per heavy atom. The van der Waals surface area contributed by atoms with Crippen LogP contribution >= 0.6 is 58.2 Å². The maximum Gasteiger partial charge on any atom is 0.416 e. The lowest BCUT2D eigenvalue weighted by Gasteiger charge is -2.14. The molecule has 0 unspecified atom stereocenters. The minimum absolute atomic E-state index is 0.0283. The van der Waals surface area contributed by atoms with E-state index >= 15 is 0 Å². The molecule has 2 aromatic rings. The van der Waals surface area contributed by atoms with Gasteiger partial charge in [-0.15, -0.1) is 0 Å². The van der Waals surface area contributed by atoms with Gasteiger partial charge in [0.05, 0.1) is 33.0 Å². The Bertz CT molecular complexity index is 839. The Hall–Kier alpha value is -0.870. The molecular formula is C14H10Cl4F4N4S. The highest BCUT2D eigenvalue weighted by atomic mass is 35.5. The summed E-state index contributed by atoms with van der Waals surface area (Å²) in [6.07, 6.45) is -2.07. The van der Waals surface area contributed by atoms with E-state index in [0.29, 0.717) is 23.9 Å². The second-order valence-corrected chi connectivity index (χ2v) is 8.99. The largest absolute Gasteiger partial charge is 0.416 e. The fraction of sp³-hybridized carbons (Fsp3) is 0.286. The Labute approximate surface area is 176 Å². The van der Waals surface area contributed by atoms with E-state index in [2.05, 4.69) is 10.1 Å². The number of hydrogen-bond donors (Lipinski definition) is 0. The second kappa shape index (κ2) is 8.24. The van der Waals surface area contributed by atoms with Crippen LogP contribution in [0.4, 0.5) is 23.4 Å². The third-order valence-electron chi connectivity index (χ3n) is 2.90. The summed E-state index contributed by atoms with van der Waals surface area (Å²) in [6, 6.07) is 1.42. The molecule has 0 saturated carbocycles. The minimum Gasteiger partial charge on any atom is -0.369 e. The van der Waals surface area contributed by atoms with Gasteiger partial charge in [-0.3, -0.25) is 0 Å². The van der Waals surface area contributed by atoms with Crippen LogP contribution in [0, 0.1) is 0 Å². The molecule has 4 nitrogen and oxygen atoms in total. The van der Waals surface area contributed by atoms with Crippen molar-refractivity contribution >= 4 is 70.3 Å². The average Bonchev–Trinajstić information content (AvgIpc) is 2.84. The van der Waals surface area contributed by atoms with Crippen molar-refractivity contribution in [3.63, 3.8) is 0 Å². The van der Waals surface area contributed by atoms with Crippen LogP contribution in [0.3, 0.4) is 0 Å². The van der Waals surface area contributed by atoms with Crippen LogP contribution in [0.15, 0.2) is 28.2 Å². The van der Waals surface area contributed by atoms with Crippen LogP contribution in [-0.2, 0) is 6.18 Å². The average molecular weight is 484 g/mol. The highest BCUT2D eigenvalue weighted by molar-refractivity contribution is 8.03. The minimum atomic E-state index is -4.63. The molecule has 2 rings (SSSR count). The van der Waals surface area contributed by atoms with Gasteiger partial charge in [0.25, 0.3) is 0 Å². The second-order valence-electron chi connectivity index (χ2n) is 5.29. The normalized spacial score (nSPS) is 12.8. The molecule has 0 aliphatic carbocycles. The number of alkyl halides is 6. The molecule has 1 aromatic heterocycles. The summed E-state index contributed by atoms with van der Waals surface area (Å²) in [7, 11) is 3.36. The summed E-state index contributed by atoms with van der Waals surface area (Å²) in [5.41, 5.74) is -1.08. The van der Waals surface area contributed by atoms with Gasteiger partial charge in [0.1, 0.15) is 5.69 Å². The molecular weight excluding hydrogens is 474 g/mol. The van der Waals surface area contributed by atoms with Gasteiger partial charge in [-0.25, -0.2) is 9.67 Å². The van der Waals surface area contributed by atoms with Gasteiger partial charge in [-0.1, -0.05) is 46.4 Å². The van der Waals surface area contributed by atoms with E-state index < -0.39 is 15.7 Å². The molecule has 0 saturated heterocycles. The van der Waals surface area contributed by atoms with Crippen LogP contribution in [0.5, 0.6) is 0 Å². The van der Waals surface area contributed by atoms with Crippen molar-refractivity contribution in [3.8, 4) is 5.69 Å². The van der Waals surface area contributed by atoms with Crippen LogP contribution < -0.4 is 0 Å². The van der Waals surface area contributed by atoms with E-state index in [0.717, 1.165) is 4.68 Å². The van der Waals surface area contributed by atoms with Gasteiger partial charge in [0, 0.05) is 14.1 Å². The third-order valence-corrected chi connectivity index (χ3v) is 4.68. The highest BCUT2D eigenvalue weighted by Gasteiger charge is 2.33. The Kier molecular flexibility index (Phi) is 6.85. The molecule has 1 aromatic carbocycles. The standard InChI is InChI=1S/C14H10Cl4F4N4S/c1-25(2)6-23-12-10(27-14(17,18)22)5-24-26(12)11-8(15)3-7(4-9(11)16)13(19,20)21/h3-6H,1-2H3. The predicted molar refractivity (Wildman–Crippen MR) is 102 cm³/mol. The monoisotopic (exact) mass is 482 g/mol. The molecule has 27 heavy (non-hydrogen) atoms. The van der Waals surface area contributed by atoms with Crippen molar-refractivity contribution < 1.29 is 17.6 Å². The van der Waals surface area contributed by atoms with E-state index in [4.69, 9.17) is 46.4 Å². The number of thioether (sulfide) groups is 1. The molecule has 0 N–H and O–H groups in total. The van der Waals surface area contributed by atoms with Crippen LogP contribution in [0.1, 0.15) is 5.56 Å². The summed E-state index contributed by atoms with van der Waals surface area (Å²) < 4.78 is 50.8. The highest BCUT2D eigenvalue weighted by Crippen LogP contribution is 2.46. The van der Waals surface area contributed by atoms with E-state index in [1.165, 1.54) is 12.5 Å². The lowest BCUT2D eigenvalue weighted by Crippen LogP contribution is -2.09. The zero-order valence-electron chi connectivity index (χ0n) is 13.5. The number of aromatic nitrogens is 2. The molecule has 0 atom stereocenters. The maximum atomic E-state index is 13.6. The maximum absolute atomic E-state index is 13.6. The Morgan fingerprint density at radius 1 is 1.15 bits per heavy atom. The van der Waals surface area contributed by atoms with Crippen molar-refractivity contribution in [2.45, 2.75) is 15.0 Å². The van der Waals surface area contributed by atoms with Gasteiger partial charge < -0.3 is 4.90 Å². The quantitative estimate of drug-likeness (QED) is 0.158. The van der Waals surface area contributed by atoms with Crippen LogP contribution in [-0.4, -0.2) is 39.0 Å². The van der Waals surface area contributed by atoms with Gasteiger partial charge in [0.15, 0.2) is 5.82 Å². The molecule has 13 heteroatoms. The first-order valence-electron chi connectivity index (χ1n) is 6.90. The molecule has 0 bridgehead atoms. The zero-order valence-corrected chi connectivity index (χ0v) is 17.4. The zero-order chi connectivity index (χ0) is 20.6. The van der Waals surface area contributed by atoms with Crippen molar-refractivity contribution in [2.24, 2.45) is 4.99 Å². The molecule has 1 heterocycles. The van der Waals surface area contributed by atoms with E-state index in [1.807, 2.05) is 0 Å². The summed E-state index contributed by atoms with van der Waals surface area (Å²) in [5.74, 6) is 0.0283. The summed E-state index contributed by atoms with van der Waals surface area (Å²) in [6.45, 7) is 0. The number of halogens is 8. The topological polar surface area (TPSA) is 33.4 Å².